The van der Waals surface area contributed by atoms with Crippen LogP contribution < -0.4 is 17.0 Å². The molecule has 0 aromatic heterocycles. The van der Waals surface area contributed by atoms with E-state index in [0.29, 0.717) is 91.0 Å². The molecule has 0 bridgehead atoms. The van der Waals surface area contributed by atoms with E-state index in [1.54, 1.807) is 0 Å². The van der Waals surface area contributed by atoms with E-state index in [1.165, 1.54) is 0 Å². The molecule has 0 saturated carbocycles. The zero-order valence-corrected chi connectivity index (χ0v) is 31.3. The normalized spacial score (nSPS) is 13.4. The maximum absolute atomic E-state index is 13.9. The Bertz CT molecular complexity index is 1820. The van der Waals surface area contributed by atoms with E-state index in [4.69, 9.17) is 17.0 Å². The fourth-order valence-electron chi connectivity index (χ4n) is 4.58. The van der Waals surface area contributed by atoms with Gasteiger partial charge in [0.25, 0.3) is 0 Å². The van der Waals surface area contributed by atoms with Crippen LogP contribution in [0.3, 0.4) is 0 Å². The number of benzene rings is 5. The molecule has 5 aromatic rings. The molecule has 0 unspecified atom stereocenters. The van der Waals surface area contributed by atoms with Gasteiger partial charge in [-0.25, -0.2) is 0 Å². The summed E-state index contributed by atoms with van der Waals surface area (Å²) in [5.74, 6) is -5.47. The quantitative estimate of drug-likeness (QED) is 0.130. The molecule has 5 aromatic carbocycles. The first-order valence-corrected chi connectivity index (χ1v) is 21.0. The third-order valence-electron chi connectivity index (χ3n) is 6.97. The Hall–Kier alpha value is -4.97. The fraction of sp³-hybridized carbons (Fsp3) is 0.143. The molecule has 57 heavy (non-hydrogen) atoms. The van der Waals surface area contributed by atoms with Crippen molar-refractivity contribution < 1.29 is 99.5 Å². The minimum atomic E-state index is -8.71. The van der Waals surface area contributed by atoms with Crippen LogP contribution in [0.4, 0.5) is 65.9 Å². The van der Waals surface area contributed by atoms with Crippen molar-refractivity contribution in [3.63, 3.8) is 0 Å². The Morgan fingerprint density at radius 3 is 0.579 bits per heavy atom. The van der Waals surface area contributed by atoms with Gasteiger partial charge in [0, 0.05) is 0 Å². The summed E-state index contributed by atoms with van der Waals surface area (Å²) >= 11 is -8.71. The van der Waals surface area contributed by atoms with Crippen molar-refractivity contribution in [3.8, 4) is 28.7 Å². The van der Waals surface area contributed by atoms with Crippen LogP contribution >= 0.6 is 12.4 Å². The van der Waals surface area contributed by atoms with Crippen LogP contribution in [0, 0.1) is 0 Å². The molecule has 0 spiro atoms. The summed E-state index contributed by atoms with van der Waals surface area (Å²) in [6.07, 6.45) is -25.8. The second-order valence-corrected chi connectivity index (χ2v) is 19.1. The van der Waals surface area contributed by atoms with E-state index in [-0.39, 0.29) is 42.7 Å². The Morgan fingerprint density at radius 2 is 0.439 bits per heavy atom. The average molecular weight is 1030 g/mol. The molecule has 5 nitrogen and oxygen atoms in total. The van der Waals surface area contributed by atoms with Crippen molar-refractivity contribution in [3.05, 3.63) is 149 Å². The van der Waals surface area contributed by atoms with Crippen LogP contribution in [0.5, 0.6) is 28.7 Å². The molecule has 22 heteroatoms. The van der Waals surface area contributed by atoms with Gasteiger partial charge >= 0.3 is 308 Å². The fourth-order valence-corrected chi connectivity index (χ4v) is 13.3. The van der Waals surface area contributed by atoms with Crippen LogP contribution in [-0.2, 0) is 47.6 Å². The SMILES string of the molecule is Cl.FC(F)(F)c1cccc([O][W]([O]c2cccc(C(F)(F)F)c2)([O]c2cccc(C(F)(F)F)c2)([O]c2cccc(C(F)(F)F)c2)[O]c2cccc(C(F)(F)F)c2)c1. The molecule has 0 N–H and O–H groups in total. The first-order valence-electron chi connectivity index (χ1n) is 15.0. The zero-order chi connectivity index (χ0) is 41.4. The number of halogens is 16. The van der Waals surface area contributed by atoms with Gasteiger partial charge in [0.05, 0.1) is 0 Å². The molecule has 0 radical (unpaired) electrons. The summed E-state index contributed by atoms with van der Waals surface area (Å²) in [5, 5.41) is 0. The van der Waals surface area contributed by atoms with Crippen molar-refractivity contribution in [2.45, 2.75) is 30.9 Å². The van der Waals surface area contributed by atoms with Gasteiger partial charge in [0.2, 0.25) is 0 Å². The van der Waals surface area contributed by atoms with Gasteiger partial charge in [-0.2, -0.15) is 0 Å². The van der Waals surface area contributed by atoms with Gasteiger partial charge in [0.1, 0.15) is 0 Å². The zero-order valence-electron chi connectivity index (χ0n) is 27.6. The molecule has 0 aliphatic carbocycles. The van der Waals surface area contributed by atoms with Crippen LogP contribution in [-0.4, -0.2) is 0 Å². The number of rotatable bonds is 10. The summed E-state index contributed by atoms with van der Waals surface area (Å²) in [6.45, 7) is 0. The maximum atomic E-state index is 13.9. The minimum absolute atomic E-state index is 0. The summed E-state index contributed by atoms with van der Waals surface area (Å²) in [7, 11) is 0. The number of hydrogen-bond acceptors (Lipinski definition) is 5. The molecular weight excluding hydrogens is 1000 g/mol. The molecule has 5 rings (SSSR count). The van der Waals surface area contributed by atoms with Crippen molar-refractivity contribution >= 4 is 12.4 Å². The summed E-state index contributed by atoms with van der Waals surface area (Å²) in [4.78, 5) is 0. The van der Waals surface area contributed by atoms with Crippen LogP contribution in [0.15, 0.2) is 121 Å². The van der Waals surface area contributed by atoms with Crippen LogP contribution in [0.2, 0.25) is 0 Å². The monoisotopic (exact) mass is 1030 g/mol. The van der Waals surface area contributed by atoms with E-state index in [1.807, 2.05) is 0 Å². The topological polar surface area (TPSA) is 46.2 Å². The van der Waals surface area contributed by atoms with Gasteiger partial charge in [-0.15, -0.1) is 12.4 Å². The first-order chi connectivity index (χ1) is 25.7. The van der Waals surface area contributed by atoms with Crippen molar-refractivity contribution in [2.24, 2.45) is 0 Å². The average Bonchev–Trinajstić information content (AvgIpc) is 3.07. The molecule has 0 amide bonds. The molecule has 0 aliphatic rings. The Balaban J connectivity index is 0.00000720. The Kier molecular flexibility index (Phi) is 12.4. The van der Waals surface area contributed by atoms with Gasteiger partial charge in [-0.05, 0) is 0 Å². The second kappa shape index (κ2) is 15.8. The molecule has 0 aliphatic heterocycles. The molecule has 0 atom stereocenters. The van der Waals surface area contributed by atoms with E-state index in [2.05, 4.69) is 0 Å². The summed E-state index contributed by atoms with van der Waals surface area (Å²) < 4.78 is 238. The van der Waals surface area contributed by atoms with Gasteiger partial charge in [0.15, 0.2) is 0 Å². The predicted octanol–water partition coefficient (Wildman–Crippen LogP) is 13.2. The molecule has 309 valence electrons. The Labute approximate surface area is 320 Å². The molecule has 0 fully saturated rings. The van der Waals surface area contributed by atoms with Crippen molar-refractivity contribution in [2.75, 3.05) is 0 Å². The third-order valence-corrected chi connectivity index (χ3v) is 15.3. The first kappa shape index (κ1) is 44.7. The van der Waals surface area contributed by atoms with E-state index in [9.17, 15) is 65.9 Å². The predicted molar refractivity (Wildman–Crippen MR) is 168 cm³/mol. The summed E-state index contributed by atoms with van der Waals surface area (Å²) in [5.41, 5.74) is -7.56. The summed E-state index contributed by atoms with van der Waals surface area (Å²) in [6, 6.07) is 10.4. The molecule has 0 saturated heterocycles. The van der Waals surface area contributed by atoms with Crippen molar-refractivity contribution in [1.29, 1.82) is 0 Å². The second-order valence-electron chi connectivity index (χ2n) is 11.2. The van der Waals surface area contributed by atoms with Gasteiger partial charge < -0.3 is 0 Å². The van der Waals surface area contributed by atoms with E-state index in [0.717, 1.165) is 0 Å². The number of hydrogen-bond donors (Lipinski definition) is 0. The third kappa shape index (κ3) is 11.1. The van der Waals surface area contributed by atoms with Crippen LogP contribution in [0.25, 0.3) is 0 Å². The Morgan fingerprint density at radius 1 is 0.281 bits per heavy atom. The van der Waals surface area contributed by atoms with E-state index >= 15 is 0 Å². The van der Waals surface area contributed by atoms with Gasteiger partial charge in [-0.3, -0.25) is 0 Å². The number of alkyl halides is 15. The van der Waals surface area contributed by atoms with Gasteiger partial charge in [-0.1, -0.05) is 0 Å². The van der Waals surface area contributed by atoms with E-state index < -0.39 is 104 Å². The van der Waals surface area contributed by atoms with Crippen molar-refractivity contribution in [1.82, 2.24) is 0 Å². The molecular formula is C35H21ClF15O5W. The van der Waals surface area contributed by atoms with Crippen LogP contribution in [0.1, 0.15) is 27.8 Å². The molecule has 0 heterocycles. The standard InChI is InChI=1S/5C7H5F3O.ClH.W/c5*8-7(9,10)5-2-1-3-6(11)4-5;;/h5*1-4,11H;1H;/q;;;;;;+5/p-5.